The van der Waals surface area contributed by atoms with Crippen LogP contribution in [0.3, 0.4) is 0 Å². The van der Waals surface area contributed by atoms with Gasteiger partial charge in [0.1, 0.15) is 16.0 Å². The molecule has 0 spiro atoms. The molecular formula is C12H17BrO2. The first-order chi connectivity index (χ1) is 7.11. The van der Waals surface area contributed by atoms with E-state index in [1.54, 1.807) is 0 Å². The monoisotopic (exact) mass is 272 g/mol. The molecule has 0 aliphatic rings. The molecular weight excluding hydrogens is 256 g/mol. The van der Waals surface area contributed by atoms with E-state index >= 15 is 0 Å². The first-order valence-electron chi connectivity index (χ1n) is 5.33. The lowest BCUT2D eigenvalue weighted by atomic mass is 10.0. The highest BCUT2D eigenvalue weighted by Crippen LogP contribution is 2.39. The second kappa shape index (κ2) is 5.40. The number of aryl methyl sites for hydroxylation is 2. The van der Waals surface area contributed by atoms with Crippen molar-refractivity contribution in [3.8, 4) is 11.5 Å². The van der Waals surface area contributed by atoms with E-state index in [1.165, 1.54) is 0 Å². The second-order valence-electron chi connectivity index (χ2n) is 3.71. The average molecular weight is 273 g/mol. The predicted octanol–water partition coefficient (Wildman–Crippen LogP) is 3.77. The van der Waals surface area contributed by atoms with E-state index in [9.17, 15) is 10.2 Å². The minimum absolute atomic E-state index is 0.175. The molecule has 2 nitrogen and oxygen atoms in total. The van der Waals surface area contributed by atoms with Crippen molar-refractivity contribution in [2.24, 2.45) is 0 Å². The van der Waals surface area contributed by atoms with Crippen LogP contribution in [0, 0.1) is 0 Å². The zero-order valence-corrected chi connectivity index (χ0v) is 10.8. The van der Waals surface area contributed by atoms with Gasteiger partial charge in [-0.3, -0.25) is 0 Å². The van der Waals surface area contributed by atoms with Gasteiger partial charge in [-0.05, 0) is 46.0 Å². The van der Waals surface area contributed by atoms with Gasteiger partial charge in [-0.15, -0.1) is 0 Å². The molecule has 1 aromatic carbocycles. The van der Waals surface area contributed by atoms with Crippen molar-refractivity contribution in [3.63, 3.8) is 0 Å². The number of phenols is 2. The maximum Gasteiger partial charge on any atom is 0.136 e. The van der Waals surface area contributed by atoms with E-state index in [4.69, 9.17) is 0 Å². The lowest BCUT2D eigenvalue weighted by molar-refractivity contribution is 0.435. The third-order valence-electron chi connectivity index (χ3n) is 2.41. The predicted molar refractivity (Wildman–Crippen MR) is 65.5 cm³/mol. The van der Waals surface area contributed by atoms with Crippen LogP contribution in [0.5, 0.6) is 11.5 Å². The molecule has 2 N–H and O–H groups in total. The van der Waals surface area contributed by atoms with Gasteiger partial charge in [-0.25, -0.2) is 0 Å². The molecule has 0 saturated carbocycles. The second-order valence-corrected chi connectivity index (χ2v) is 4.50. The Morgan fingerprint density at radius 3 is 1.73 bits per heavy atom. The largest absolute Gasteiger partial charge is 0.506 e. The van der Waals surface area contributed by atoms with Gasteiger partial charge >= 0.3 is 0 Å². The van der Waals surface area contributed by atoms with Crippen molar-refractivity contribution in [2.75, 3.05) is 0 Å². The first kappa shape index (κ1) is 12.4. The molecule has 1 aromatic rings. The molecule has 0 amide bonds. The van der Waals surface area contributed by atoms with Gasteiger partial charge in [0.2, 0.25) is 0 Å². The van der Waals surface area contributed by atoms with Gasteiger partial charge in [0.15, 0.2) is 0 Å². The Hall–Kier alpha value is -0.700. The normalized spacial score (nSPS) is 10.6. The average Bonchev–Trinajstić information content (AvgIpc) is 2.22. The Kier molecular flexibility index (Phi) is 4.45. The Bertz CT molecular complexity index is 318. The molecule has 0 aliphatic heterocycles. The van der Waals surface area contributed by atoms with E-state index in [0.717, 1.165) is 36.8 Å². The fourth-order valence-corrected chi connectivity index (χ4v) is 2.17. The van der Waals surface area contributed by atoms with Gasteiger partial charge in [0, 0.05) is 0 Å². The summed E-state index contributed by atoms with van der Waals surface area (Å²) in [5.74, 6) is 0.350. The smallest absolute Gasteiger partial charge is 0.136 e. The molecule has 0 aromatic heterocycles. The summed E-state index contributed by atoms with van der Waals surface area (Å²) in [6.07, 6.45) is 3.63. The third-order valence-corrected chi connectivity index (χ3v) is 3.16. The van der Waals surface area contributed by atoms with Crippen LogP contribution in [0.25, 0.3) is 0 Å². The molecule has 15 heavy (non-hydrogen) atoms. The number of phenolic OH excluding ortho intramolecular Hbond substituents is 2. The van der Waals surface area contributed by atoms with Gasteiger partial charge in [0.05, 0.1) is 0 Å². The highest BCUT2D eigenvalue weighted by molar-refractivity contribution is 9.10. The van der Waals surface area contributed by atoms with Crippen LogP contribution in [0.4, 0.5) is 0 Å². The molecule has 0 radical (unpaired) electrons. The van der Waals surface area contributed by atoms with Crippen LogP contribution in [-0.2, 0) is 12.8 Å². The summed E-state index contributed by atoms with van der Waals surface area (Å²) in [5.41, 5.74) is 1.82. The van der Waals surface area contributed by atoms with Crippen molar-refractivity contribution < 1.29 is 10.2 Å². The zero-order valence-electron chi connectivity index (χ0n) is 9.18. The molecule has 0 atom stereocenters. The zero-order chi connectivity index (χ0) is 11.4. The fourth-order valence-electron chi connectivity index (χ4n) is 1.66. The Morgan fingerprint density at radius 1 is 1.00 bits per heavy atom. The Balaban J connectivity index is 3.19. The standard InChI is InChI=1S/C12H17BrO2/c1-3-5-8-7-9(6-4-2)12(15)10(13)11(8)14/h7,14-15H,3-6H2,1-2H3. The van der Waals surface area contributed by atoms with Crippen molar-refractivity contribution in [1.29, 1.82) is 0 Å². The fraction of sp³-hybridized carbons (Fsp3) is 0.500. The molecule has 0 saturated heterocycles. The molecule has 0 unspecified atom stereocenters. The minimum Gasteiger partial charge on any atom is -0.506 e. The quantitative estimate of drug-likeness (QED) is 0.876. The molecule has 0 aliphatic carbocycles. The maximum absolute atomic E-state index is 9.80. The van der Waals surface area contributed by atoms with Crippen molar-refractivity contribution in [3.05, 3.63) is 21.7 Å². The maximum atomic E-state index is 9.80. The molecule has 0 bridgehead atoms. The summed E-state index contributed by atoms with van der Waals surface area (Å²) in [6.45, 7) is 4.14. The van der Waals surface area contributed by atoms with Gasteiger partial charge in [0.25, 0.3) is 0 Å². The number of hydrogen-bond acceptors (Lipinski definition) is 2. The highest BCUT2D eigenvalue weighted by atomic mass is 79.9. The van der Waals surface area contributed by atoms with Crippen LogP contribution in [0.2, 0.25) is 0 Å². The Morgan fingerprint density at radius 2 is 1.40 bits per heavy atom. The van der Waals surface area contributed by atoms with Crippen molar-refractivity contribution in [1.82, 2.24) is 0 Å². The summed E-state index contributed by atoms with van der Waals surface area (Å²) in [6, 6.07) is 1.91. The minimum atomic E-state index is 0.175. The Labute approximate surface area is 99.1 Å². The third kappa shape index (κ3) is 2.65. The number of aromatic hydroxyl groups is 2. The van der Waals surface area contributed by atoms with Crippen LogP contribution in [0.1, 0.15) is 37.8 Å². The lowest BCUT2D eigenvalue weighted by Gasteiger charge is -2.11. The summed E-state index contributed by atoms with van der Waals surface area (Å²) in [7, 11) is 0. The van der Waals surface area contributed by atoms with Gasteiger partial charge in [-0.1, -0.05) is 26.7 Å². The number of rotatable bonds is 4. The van der Waals surface area contributed by atoms with Crippen LogP contribution in [0.15, 0.2) is 10.5 Å². The first-order valence-corrected chi connectivity index (χ1v) is 6.13. The van der Waals surface area contributed by atoms with Crippen LogP contribution in [-0.4, -0.2) is 10.2 Å². The number of benzene rings is 1. The SMILES string of the molecule is CCCc1cc(CCC)c(O)c(Br)c1O. The molecule has 0 heterocycles. The molecule has 0 fully saturated rings. The molecule has 84 valence electrons. The lowest BCUT2D eigenvalue weighted by Crippen LogP contribution is -1.92. The van der Waals surface area contributed by atoms with E-state index < -0.39 is 0 Å². The van der Waals surface area contributed by atoms with Crippen molar-refractivity contribution in [2.45, 2.75) is 39.5 Å². The van der Waals surface area contributed by atoms with E-state index in [-0.39, 0.29) is 11.5 Å². The number of hydrogen-bond donors (Lipinski definition) is 2. The summed E-state index contributed by atoms with van der Waals surface area (Å²) in [4.78, 5) is 0. The van der Waals surface area contributed by atoms with Crippen LogP contribution >= 0.6 is 15.9 Å². The summed E-state index contributed by atoms with van der Waals surface area (Å²) < 4.78 is 0.428. The van der Waals surface area contributed by atoms with E-state index in [0.29, 0.717) is 4.47 Å². The van der Waals surface area contributed by atoms with E-state index in [1.807, 2.05) is 6.07 Å². The number of halogens is 1. The van der Waals surface area contributed by atoms with Crippen molar-refractivity contribution >= 4 is 15.9 Å². The highest BCUT2D eigenvalue weighted by Gasteiger charge is 2.13. The summed E-state index contributed by atoms with van der Waals surface area (Å²) >= 11 is 3.22. The molecule has 3 heteroatoms. The van der Waals surface area contributed by atoms with Gasteiger partial charge in [-0.2, -0.15) is 0 Å². The molecule has 1 rings (SSSR count). The topological polar surface area (TPSA) is 40.5 Å². The summed E-state index contributed by atoms with van der Waals surface area (Å²) in [5, 5.41) is 19.6. The van der Waals surface area contributed by atoms with Gasteiger partial charge < -0.3 is 10.2 Å². The van der Waals surface area contributed by atoms with E-state index in [2.05, 4.69) is 29.8 Å². The van der Waals surface area contributed by atoms with Crippen LogP contribution < -0.4 is 0 Å².